The highest BCUT2D eigenvalue weighted by Crippen LogP contribution is 2.46. The van der Waals surface area contributed by atoms with Crippen LogP contribution in [0.5, 0.6) is 0 Å². The normalized spacial score (nSPS) is 13.2. The molecule has 0 bridgehead atoms. The summed E-state index contributed by atoms with van der Waals surface area (Å²) in [6, 6.07) is 13.9. The Labute approximate surface area is 213 Å². The molecule has 0 spiro atoms. The van der Waals surface area contributed by atoms with Gasteiger partial charge in [-0.15, -0.1) is 45.3 Å². The van der Waals surface area contributed by atoms with Gasteiger partial charge in [-0.05, 0) is 35.1 Å². The third-order valence-corrected chi connectivity index (χ3v) is 11.9. The molecule has 0 fully saturated rings. The Morgan fingerprint density at radius 2 is 0.939 bits per heavy atom. The topological polar surface area (TPSA) is 25.8 Å². The van der Waals surface area contributed by atoms with Crippen molar-refractivity contribution in [1.82, 2.24) is 8.75 Å². The van der Waals surface area contributed by atoms with Crippen LogP contribution in [-0.2, 0) is 10.8 Å². The van der Waals surface area contributed by atoms with Crippen LogP contribution in [-0.4, -0.2) is 8.75 Å². The lowest BCUT2D eigenvalue weighted by atomic mass is 9.95. The van der Waals surface area contributed by atoms with Gasteiger partial charge in [-0.2, -0.15) is 8.75 Å². The van der Waals surface area contributed by atoms with Crippen LogP contribution in [0.25, 0.3) is 50.7 Å². The number of rotatable bonds is 2. The van der Waals surface area contributed by atoms with E-state index in [2.05, 4.69) is 77.9 Å². The number of benzene rings is 1. The molecule has 33 heavy (non-hydrogen) atoms. The summed E-state index contributed by atoms with van der Waals surface area (Å²) in [6.07, 6.45) is 0. The van der Waals surface area contributed by atoms with Crippen molar-refractivity contribution in [2.45, 2.75) is 52.4 Å². The first-order valence-corrected chi connectivity index (χ1v) is 14.9. The zero-order valence-corrected chi connectivity index (χ0v) is 23.5. The predicted molar refractivity (Wildman–Crippen MR) is 152 cm³/mol. The molecule has 0 aliphatic carbocycles. The van der Waals surface area contributed by atoms with Gasteiger partial charge in [0.05, 0.1) is 11.7 Å². The smallest absolute Gasteiger partial charge is 0.114 e. The summed E-state index contributed by atoms with van der Waals surface area (Å²) in [5, 5.41) is 0. The van der Waals surface area contributed by atoms with Gasteiger partial charge in [0.1, 0.15) is 11.0 Å². The minimum Gasteiger partial charge on any atom is -0.172 e. The average molecular weight is 525 g/mol. The molecule has 6 rings (SSSR count). The molecule has 0 saturated heterocycles. The molecule has 2 nitrogen and oxygen atoms in total. The van der Waals surface area contributed by atoms with Crippen molar-refractivity contribution in [1.29, 1.82) is 0 Å². The largest absolute Gasteiger partial charge is 0.172 e. The van der Waals surface area contributed by atoms with Gasteiger partial charge in [0, 0.05) is 49.4 Å². The summed E-state index contributed by atoms with van der Waals surface area (Å²) in [5.74, 6) is 0. The molecule has 7 heteroatoms. The molecular weight excluding hydrogens is 501 g/mol. The monoisotopic (exact) mass is 524 g/mol. The number of hydrogen-bond donors (Lipinski definition) is 0. The molecule has 0 atom stereocenters. The van der Waals surface area contributed by atoms with Gasteiger partial charge < -0.3 is 0 Å². The molecule has 0 unspecified atom stereocenters. The van der Waals surface area contributed by atoms with Crippen LogP contribution in [0.3, 0.4) is 0 Å². The van der Waals surface area contributed by atoms with Crippen molar-refractivity contribution in [3.05, 3.63) is 46.2 Å². The van der Waals surface area contributed by atoms with E-state index in [1.54, 1.807) is 0 Å². The highest BCUT2D eigenvalue weighted by Gasteiger charge is 2.22. The van der Waals surface area contributed by atoms with Crippen molar-refractivity contribution in [3.63, 3.8) is 0 Å². The molecule has 0 aliphatic rings. The lowest BCUT2D eigenvalue weighted by Crippen LogP contribution is -2.07. The second-order valence-electron chi connectivity index (χ2n) is 10.5. The van der Waals surface area contributed by atoms with Crippen molar-refractivity contribution >= 4 is 86.9 Å². The molecule has 0 amide bonds. The van der Waals surface area contributed by atoms with Crippen molar-refractivity contribution in [2.24, 2.45) is 0 Å². The van der Waals surface area contributed by atoms with E-state index in [0.717, 1.165) is 11.0 Å². The molecule has 0 N–H and O–H groups in total. The van der Waals surface area contributed by atoms with Gasteiger partial charge in [-0.1, -0.05) is 53.7 Å². The SMILES string of the molecule is CC(C)(C)c1cc2sc(-c3ccc(-c4cc5sc(C(C)(C)C)cc5s4)c4nsnc34)cc2s1. The molecule has 0 aliphatic heterocycles. The van der Waals surface area contributed by atoms with Crippen LogP contribution in [0.2, 0.25) is 0 Å². The maximum absolute atomic E-state index is 4.73. The first-order chi connectivity index (χ1) is 15.6. The van der Waals surface area contributed by atoms with E-state index in [1.807, 2.05) is 45.3 Å². The standard InChI is InChI=1S/C26H24N2S5/c1-25(2,3)21-11-19-17(31-21)9-15(29-19)13-7-8-14(24-23(13)27-33-28-24)16-10-18-20(30-16)12-22(32-18)26(4,5)6/h7-12H,1-6H3. The Balaban J connectivity index is 1.43. The molecule has 168 valence electrons. The maximum atomic E-state index is 4.73. The van der Waals surface area contributed by atoms with Crippen molar-refractivity contribution < 1.29 is 0 Å². The molecule has 1 aromatic carbocycles. The minimum atomic E-state index is 0.194. The second-order valence-corrected chi connectivity index (χ2v) is 15.4. The number of hydrogen-bond acceptors (Lipinski definition) is 7. The van der Waals surface area contributed by atoms with Crippen LogP contribution < -0.4 is 0 Å². The summed E-state index contributed by atoms with van der Waals surface area (Å²) in [6.45, 7) is 13.7. The van der Waals surface area contributed by atoms with E-state index in [0.29, 0.717) is 0 Å². The Kier molecular flexibility index (Phi) is 4.92. The summed E-state index contributed by atoms with van der Waals surface area (Å²) >= 11 is 8.88. The zero-order valence-electron chi connectivity index (χ0n) is 19.4. The van der Waals surface area contributed by atoms with E-state index in [9.17, 15) is 0 Å². The number of fused-ring (bicyclic) bond motifs is 3. The van der Waals surface area contributed by atoms with Crippen LogP contribution >= 0.6 is 57.1 Å². The van der Waals surface area contributed by atoms with Gasteiger partial charge in [0.2, 0.25) is 0 Å². The Bertz CT molecular complexity index is 1460. The molecule has 5 heterocycles. The third-order valence-electron chi connectivity index (χ3n) is 5.84. The Hall–Kier alpha value is -1.64. The minimum absolute atomic E-state index is 0.194. The molecular formula is C26H24N2S5. The van der Waals surface area contributed by atoms with E-state index in [1.165, 1.54) is 61.2 Å². The highest BCUT2D eigenvalue weighted by molar-refractivity contribution is 7.30. The lowest BCUT2D eigenvalue weighted by molar-refractivity contribution is 0.604. The summed E-state index contributed by atoms with van der Waals surface area (Å²) < 4.78 is 14.9. The van der Waals surface area contributed by atoms with Crippen molar-refractivity contribution in [3.8, 4) is 20.9 Å². The van der Waals surface area contributed by atoms with E-state index < -0.39 is 0 Å². The summed E-state index contributed by atoms with van der Waals surface area (Å²) in [4.78, 5) is 5.45. The number of nitrogens with zero attached hydrogens (tertiary/aromatic N) is 2. The first kappa shape index (κ1) is 21.9. The maximum Gasteiger partial charge on any atom is 0.114 e. The Morgan fingerprint density at radius 3 is 1.30 bits per heavy atom. The van der Waals surface area contributed by atoms with Gasteiger partial charge in [0.15, 0.2) is 0 Å². The van der Waals surface area contributed by atoms with E-state index in [4.69, 9.17) is 8.75 Å². The summed E-state index contributed by atoms with van der Waals surface area (Å²) in [7, 11) is 0. The van der Waals surface area contributed by atoms with Gasteiger partial charge in [-0.3, -0.25) is 0 Å². The fourth-order valence-electron chi connectivity index (χ4n) is 3.94. The number of aromatic nitrogens is 2. The van der Waals surface area contributed by atoms with Crippen LogP contribution in [0.1, 0.15) is 51.3 Å². The van der Waals surface area contributed by atoms with Crippen molar-refractivity contribution in [2.75, 3.05) is 0 Å². The third kappa shape index (κ3) is 3.69. The second kappa shape index (κ2) is 7.43. The summed E-state index contributed by atoms with van der Waals surface area (Å²) in [5.41, 5.74) is 4.83. The van der Waals surface area contributed by atoms with E-state index in [-0.39, 0.29) is 10.8 Å². The quantitative estimate of drug-likeness (QED) is 0.225. The molecule has 6 aromatic rings. The van der Waals surface area contributed by atoms with Gasteiger partial charge in [-0.25, -0.2) is 0 Å². The lowest BCUT2D eigenvalue weighted by Gasteiger charge is -2.15. The van der Waals surface area contributed by atoms with E-state index >= 15 is 0 Å². The fraction of sp³-hybridized carbons (Fsp3) is 0.308. The van der Waals surface area contributed by atoms with Gasteiger partial charge >= 0.3 is 0 Å². The fourth-order valence-corrected chi connectivity index (χ4v) is 9.47. The number of thiophene rings is 4. The average Bonchev–Trinajstić information content (AvgIpc) is 3.48. The molecule has 0 radical (unpaired) electrons. The molecule has 5 aromatic heterocycles. The van der Waals surface area contributed by atoms with Crippen LogP contribution in [0.4, 0.5) is 0 Å². The van der Waals surface area contributed by atoms with Crippen LogP contribution in [0, 0.1) is 0 Å². The van der Waals surface area contributed by atoms with Crippen LogP contribution in [0.15, 0.2) is 36.4 Å². The first-order valence-electron chi connectivity index (χ1n) is 10.9. The zero-order chi connectivity index (χ0) is 23.1. The molecule has 0 saturated carbocycles. The highest BCUT2D eigenvalue weighted by atomic mass is 32.1. The predicted octanol–water partition coefficient (Wildman–Crippen LogP) is 10.2. The van der Waals surface area contributed by atoms with Gasteiger partial charge in [0.25, 0.3) is 0 Å². The Morgan fingerprint density at radius 1 is 0.545 bits per heavy atom.